The molecule has 2 aliphatic rings. The second-order valence-electron chi connectivity index (χ2n) is 8.71. The van der Waals surface area contributed by atoms with Crippen LogP contribution in [0.3, 0.4) is 0 Å². The Balaban J connectivity index is 1.42. The first-order chi connectivity index (χ1) is 16.1. The number of anilines is 3. The van der Waals surface area contributed by atoms with Gasteiger partial charge in [-0.1, -0.05) is 54.1 Å². The minimum atomic E-state index is -0.474. The first-order valence-electron chi connectivity index (χ1n) is 11.2. The molecule has 1 fully saturated rings. The quantitative estimate of drug-likeness (QED) is 0.541. The SMILES string of the molecule is NCC1(c2ccc(Cl)cc2)CCN(c2ncnc3c2N(Cc2ccccc2)C(C=O)N3)CC1. The van der Waals surface area contributed by atoms with Crippen LogP contribution >= 0.6 is 11.6 Å². The maximum absolute atomic E-state index is 11.9. The van der Waals surface area contributed by atoms with Gasteiger partial charge in [0.15, 0.2) is 24.1 Å². The molecule has 8 heteroatoms. The summed E-state index contributed by atoms with van der Waals surface area (Å²) >= 11 is 6.10. The Kier molecular flexibility index (Phi) is 5.91. The molecule has 0 bridgehead atoms. The highest BCUT2D eigenvalue weighted by atomic mass is 35.5. The van der Waals surface area contributed by atoms with Crippen molar-refractivity contribution in [2.24, 2.45) is 5.73 Å². The molecule has 0 spiro atoms. The van der Waals surface area contributed by atoms with Crippen molar-refractivity contribution in [2.45, 2.75) is 31.0 Å². The minimum absolute atomic E-state index is 0.0788. The summed E-state index contributed by atoms with van der Waals surface area (Å²) < 4.78 is 0. The molecule has 5 rings (SSSR count). The van der Waals surface area contributed by atoms with Crippen molar-refractivity contribution in [3.05, 3.63) is 77.1 Å². The molecule has 0 radical (unpaired) electrons. The zero-order chi connectivity index (χ0) is 22.8. The smallest absolute Gasteiger partial charge is 0.162 e. The standard InChI is InChI=1S/C25H27ClN6O/c26-20-8-6-19(7-9-20)25(16-27)10-12-31(13-11-25)24-22-23(28-17-29-24)30-21(15-33)32(22)14-18-4-2-1-3-5-18/h1-9,15,17,21H,10-14,16,27H2,(H,28,29,30). The van der Waals surface area contributed by atoms with Gasteiger partial charge < -0.3 is 20.9 Å². The number of nitrogens with two attached hydrogens (primary N) is 1. The number of carbonyl (C=O) groups excluding carboxylic acids is 1. The highest BCUT2D eigenvalue weighted by molar-refractivity contribution is 6.30. The number of nitrogens with one attached hydrogen (secondary N) is 1. The molecule has 0 saturated carbocycles. The zero-order valence-corrected chi connectivity index (χ0v) is 19.1. The number of rotatable bonds is 6. The number of nitrogens with zero attached hydrogens (tertiary/aromatic N) is 4. The summed E-state index contributed by atoms with van der Waals surface area (Å²) in [4.78, 5) is 25.3. The highest BCUT2D eigenvalue weighted by Gasteiger charge is 2.39. The van der Waals surface area contributed by atoms with Crippen LogP contribution in [-0.2, 0) is 16.8 Å². The van der Waals surface area contributed by atoms with Gasteiger partial charge in [0.2, 0.25) is 0 Å². The van der Waals surface area contributed by atoms with E-state index in [-0.39, 0.29) is 5.41 Å². The highest BCUT2D eigenvalue weighted by Crippen LogP contribution is 2.43. The number of benzene rings is 2. The van der Waals surface area contributed by atoms with E-state index in [0.717, 1.165) is 54.3 Å². The van der Waals surface area contributed by atoms with Crippen LogP contribution in [-0.4, -0.2) is 42.1 Å². The van der Waals surface area contributed by atoms with Crippen LogP contribution in [0.15, 0.2) is 60.9 Å². The van der Waals surface area contributed by atoms with Crippen LogP contribution in [0.1, 0.15) is 24.0 Å². The lowest BCUT2D eigenvalue weighted by atomic mass is 9.73. The first kappa shape index (κ1) is 21.7. The van der Waals surface area contributed by atoms with Crippen molar-refractivity contribution in [1.82, 2.24) is 9.97 Å². The number of hydrogen-bond acceptors (Lipinski definition) is 7. The fraction of sp³-hybridized carbons (Fsp3) is 0.320. The Morgan fingerprint density at radius 2 is 1.82 bits per heavy atom. The van der Waals surface area contributed by atoms with Crippen LogP contribution < -0.4 is 20.9 Å². The Morgan fingerprint density at radius 1 is 1.09 bits per heavy atom. The van der Waals surface area contributed by atoms with Crippen molar-refractivity contribution in [1.29, 1.82) is 0 Å². The van der Waals surface area contributed by atoms with Crippen LogP contribution in [0.5, 0.6) is 0 Å². The van der Waals surface area contributed by atoms with Crippen molar-refractivity contribution in [3.63, 3.8) is 0 Å². The van der Waals surface area contributed by atoms with Gasteiger partial charge in [-0.3, -0.25) is 4.79 Å². The Morgan fingerprint density at radius 3 is 2.48 bits per heavy atom. The maximum atomic E-state index is 11.9. The number of carbonyl (C=O) groups is 1. The molecule has 33 heavy (non-hydrogen) atoms. The van der Waals surface area contributed by atoms with E-state index < -0.39 is 6.17 Å². The molecular formula is C25H27ClN6O. The van der Waals surface area contributed by atoms with Gasteiger partial charge in [-0.25, -0.2) is 9.97 Å². The molecule has 3 heterocycles. The number of halogens is 1. The van der Waals surface area contributed by atoms with Gasteiger partial charge in [-0.15, -0.1) is 0 Å². The molecule has 1 unspecified atom stereocenters. The Bertz CT molecular complexity index is 1120. The van der Waals surface area contributed by atoms with Crippen molar-refractivity contribution in [2.75, 3.05) is 34.8 Å². The van der Waals surface area contributed by atoms with Crippen LogP contribution in [0, 0.1) is 0 Å². The Hall–Kier alpha value is -3.16. The summed E-state index contributed by atoms with van der Waals surface area (Å²) in [6.45, 7) is 2.80. The lowest BCUT2D eigenvalue weighted by Gasteiger charge is -2.42. The van der Waals surface area contributed by atoms with E-state index in [4.69, 9.17) is 17.3 Å². The molecule has 7 nitrogen and oxygen atoms in total. The number of hydrogen-bond donors (Lipinski definition) is 2. The van der Waals surface area contributed by atoms with Gasteiger partial charge in [0.1, 0.15) is 12.0 Å². The lowest BCUT2D eigenvalue weighted by molar-refractivity contribution is -0.108. The third-order valence-electron chi connectivity index (χ3n) is 6.90. The number of aldehydes is 1. The van der Waals surface area contributed by atoms with E-state index in [1.165, 1.54) is 5.56 Å². The molecular weight excluding hydrogens is 436 g/mol. The van der Waals surface area contributed by atoms with E-state index in [1.807, 2.05) is 30.3 Å². The van der Waals surface area contributed by atoms with Gasteiger partial charge in [-0.05, 0) is 36.1 Å². The predicted molar refractivity (Wildman–Crippen MR) is 132 cm³/mol. The third kappa shape index (κ3) is 4.03. The molecule has 3 aromatic rings. The molecule has 0 aliphatic carbocycles. The topological polar surface area (TPSA) is 87.4 Å². The summed E-state index contributed by atoms with van der Waals surface area (Å²) in [5.41, 5.74) is 9.45. The average Bonchev–Trinajstić information content (AvgIpc) is 3.23. The third-order valence-corrected chi connectivity index (χ3v) is 7.15. The minimum Gasteiger partial charge on any atom is -0.355 e. The predicted octanol–water partition coefficient (Wildman–Crippen LogP) is 3.58. The molecule has 2 aliphatic heterocycles. The van der Waals surface area contributed by atoms with E-state index in [1.54, 1.807) is 6.33 Å². The Labute approximate surface area is 198 Å². The van der Waals surface area contributed by atoms with Crippen molar-refractivity contribution >= 4 is 35.2 Å². The summed E-state index contributed by atoms with van der Waals surface area (Å²) in [5.74, 6) is 1.55. The summed E-state index contributed by atoms with van der Waals surface area (Å²) in [5, 5.41) is 3.97. The normalized spacial score (nSPS) is 19.2. The second kappa shape index (κ2) is 9.00. The van der Waals surface area contributed by atoms with Gasteiger partial charge in [-0.2, -0.15) is 0 Å². The first-order valence-corrected chi connectivity index (χ1v) is 11.6. The van der Waals surface area contributed by atoms with Crippen molar-refractivity contribution in [3.8, 4) is 0 Å². The molecule has 1 atom stereocenters. The maximum Gasteiger partial charge on any atom is 0.162 e. The van der Waals surface area contributed by atoms with Gasteiger partial charge in [0, 0.05) is 36.6 Å². The van der Waals surface area contributed by atoms with Crippen LogP contribution in [0.2, 0.25) is 5.02 Å². The summed E-state index contributed by atoms with van der Waals surface area (Å²) in [6.07, 6.45) is 3.84. The number of aromatic nitrogens is 2. The summed E-state index contributed by atoms with van der Waals surface area (Å²) in [7, 11) is 0. The average molecular weight is 463 g/mol. The second-order valence-corrected chi connectivity index (χ2v) is 9.15. The van der Waals surface area contributed by atoms with Gasteiger partial charge >= 0.3 is 0 Å². The summed E-state index contributed by atoms with van der Waals surface area (Å²) in [6, 6.07) is 18.2. The van der Waals surface area contributed by atoms with Gasteiger partial charge in [0.05, 0.1) is 0 Å². The molecule has 2 aromatic carbocycles. The van der Waals surface area contributed by atoms with Gasteiger partial charge in [0.25, 0.3) is 0 Å². The van der Waals surface area contributed by atoms with E-state index >= 15 is 0 Å². The van der Waals surface area contributed by atoms with E-state index in [2.05, 4.69) is 49.4 Å². The lowest BCUT2D eigenvalue weighted by Crippen LogP contribution is -2.47. The fourth-order valence-corrected chi connectivity index (χ4v) is 5.08. The van der Waals surface area contributed by atoms with Crippen molar-refractivity contribution < 1.29 is 4.79 Å². The fourth-order valence-electron chi connectivity index (χ4n) is 4.95. The van der Waals surface area contributed by atoms with E-state index in [0.29, 0.717) is 18.9 Å². The van der Waals surface area contributed by atoms with Crippen LogP contribution in [0.4, 0.5) is 17.3 Å². The molecule has 0 amide bonds. The van der Waals surface area contributed by atoms with E-state index in [9.17, 15) is 4.79 Å². The number of piperidine rings is 1. The van der Waals surface area contributed by atoms with Crippen LogP contribution in [0.25, 0.3) is 0 Å². The molecule has 1 aromatic heterocycles. The largest absolute Gasteiger partial charge is 0.355 e. The molecule has 1 saturated heterocycles. The monoisotopic (exact) mass is 462 g/mol. The number of fused-ring (bicyclic) bond motifs is 1. The molecule has 3 N–H and O–H groups in total. The zero-order valence-electron chi connectivity index (χ0n) is 18.3. The molecule has 170 valence electrons.